The van der Waals surface area contributed by atoms with Crippen LogP contribution < -0.4 is 15.8 Å². The van der Waals surface area contributed by atoms with E-state index in [-0.39, 0.29) is 29.2 Å². The normalized spacial score (nSPS) is 14.0. The number of amides is 1. The van der Waals surface area contributed by atoms with Crippen LogP contribution in [0.15, 0.2) is 48.8 Å². The van der Waals surface area contributed by atoms with Crippen LogP contribution >= 0.6 is 0 Å². The Morgan fingerprint density at radius 2 is 1.85 bits per heavy atom. The largest absolute Gasteiger partial charge is 0.469 e. The highest BCUT2D eigenvalue weighted by Crippen LogP contribution is 2.34. The molecule has 0 atom stereocenters. The molecule has 0 aliphatic carbocycles. The van der Waals surface area contributed by atoms with Crippen molar-refractivity contribution < 1.29 is 19.2 Å². The molecule has 2 N–H and O–H groups in total. The number of hydrogen-bond donors (Lipinski definition) is 2. The van der Waals surface area contributed by atoms with Crippen LogP contribution in [0.2, 0.25) is 0 Å². The quantitative estimate of drug-likeness (QED) is 0.329. The van der Waals surface area contributed by atoms with Crippen LogP contribution in [0, 0.1) is 16.0 Å². The zero-order valence-electron chi connectivity index (χ0n) is 17.9. The SMILES string of the molecule is COC(=O)C1CCN(c2ncnc(NNC(=O)c3cccc4ccccc34)c2[N+](=O)[O-])CC1. The van der Waals surface area contributed by atoms with Crippen LogP contribution in [0.5, 0.6) is 0 Å². The molecule has 1 aliphatic rings. The summed E-state index contributed by atoms with van der Waals surface area (Å²) in [4.78, 5) is 45.6. The summed E-state index contributed by atoms with van der Waals surface area (Å²) in [5.41, 5.74) is 5.14. The van der Waals surface area contributed by atoms with Crippen molar-refractivity contribution in [3.8, 4) is 0 Å². The molecule has 1 amide bonds. The first-order valence-corrected chi connectivity index (χ1v) is 10.4. The monoisotopic (exact) mass is 450 g/mol. The van der Waals surface area contributed by atoms with E-state index in [2.05, 4.69) is 20.8 Å². The van der Waals surface area contributed by atoms with Crippen molar-refractivity contribution in [2.45, 2.75) is 12.8 Å². The molecular weight excluding hydrogens is 428 g/mol. The molecular formula is C22H22N6O5. The average molecular weight is 450 g/mol. The molecule has 11 nitrogen and oxygen atoms in total. The maximum absolute atomic E-state index is 12.8. The molecule has 1 aliphatic heterocycles. The second kappa shape index (κ2) is 9.47. The molecule has 0 bridgehead atoms. The van der Waals surface area contributed by atoms with E-state index in [0.29, 0.717) is 31.5 Å². The maximum Gasteiger partial charge on any atom is 0.355 e. The predicted octanol–water partition coefficient (Wildman–Crippen LogP) is 2.68. The smallest absolute Gasteiger partial charge is 0.355 e. The number of ether oxygens (including phenoxy) is 1. The molecule has 170 valence electrons. The number of hydrogen-bond acceptors (Lipinski definition) is 9. The van der Waals surface area contributed by atoms with Crippen LogP contribution in [0.1, 0.15) is 23.2 Å². The molecule has 2 aromatic carbocycles. The van der Waals surface area contributed by atoms with Crippen LogP contribution in [-0.2, 0) is 9.53 Å². The zero-order valence-corrected chi connectivity index (χ0v) is 17.9. The van der Waals surface area contributed by atoms with Gasteiger partial charge in [0.15, 0.2) is 0 Å². The van der Waals surface area contributed by atoms with Gasteiger partial charge in [0.05, 0.1) is 18.0 Å². The van der Waals surface area contributed by atoms with Gasteiger partial charge in [-0.25, -0.2) is 9.97 Å². The lowest BCUT2D eigenvalue weighted by molar-refractivity contribution is -0.383. The summed E-state index contributed by atoms with van der Waals surface area (Å²) in [7, 11) is 1.34. The van der Waals surface area contributed by atoms with Crippen LogP contribution in [0.4, 0.5) is 17.3 Å². The number of nitrogens with zero attached hydrogens (tertiary/aromatic N) is 4. The fraction of sp³-hybridized carbons (Fsp3) is 0.273. The van der Waals surface area contributed by atoms with Crippen molar-refractivity contribution in [2.75, 3.05) is 30.5 Å². The molecule has 1 aromatic heterocycles. The minimum atomic E-state index is -0.589. The molecule has 3 aromatic rings. The second-order valence-corrected chi connectivity index (χ2v) is 7.54. The third-order valence-electron chi connectivity index (χ3n) is 5.64. The number of anilines is 2. The number of carbonyl (C=O) groups excluding carboxylic acids is 2. The van der Waals surface area contributed by atoms with Crippen molar-refractivity contribution in [2.24, 2.45) is 5.92 Å². The highest BCUT2D eigenvalue weighted by atomic mass is 16.6. The third kappa shape index (κ3) is 4.52. The molecule has 0 unspecified atom stereocenters. The maximum atomic E-state index is 12.8. The summed E-state index contributed by atoms with van der Waals surface area (Å²) in [6.07, 6.45) is 2.18. The van der Waals surface area contributed by atoms with E-state index in [1.165, 1.54) is 13.4 Å². The molecule has 0 radical (unpaired) electrons. The average Bonchev–Trinajstić information content (AvgIpc) is 2.86. The lowest BCUT2D eigenvalue weighted by Gasteiger charge is -2.31. The van der Waals surface area contributed by atoms with Gasteiger partial charge in [-0.05, 0) is 29.7 Å². The number of esters is 1. The Morgan fingerprint density at radius 3 is 2.58 bits per heavy atom. The molecule has 11 heteroatoms. The second-order valence-electron chi connectivity index (χ2n) is 7.54. The fourth-order valence-electron chi connectivity index (χ4n) is 3.96. The summed E-state index contributed by atoms with van der Waals surface area (Å²) < 4.78 is 4.79. The molecule has 4 rings (SSSR count). The first kappa shape index (κ1) is 21.9. The van der Waals surface area contributed by atoms with Gasteiger partial charge in [-0.2, -0.15) is 0 Å². The Bertz CT molecular complexity index is 1200. The van der Waals surface area contributed by atoms with E-state index >= 15 is 0 Å². The van der Waals surface area contributed by atoms with Gasteiger partial charge in [0.2, 0.25) is 11.6 Å². The molecule has 1 fully saturated rings. The van der Waals surface area contributed by atoms with Gasteiger partial charge in [-0.15, -0.1) is 0 Å². The van der Waals surface area contributed by atoms with Crippen LogP contribution in [0.25, 0.3) is 10.8 Å². The summed E-state index contributed by atoms with van der Waals surface area (Å²) in [5, 5.41) is 13.5. The van der Waals surface area contributed by atoms with E-state index in [0.717, 1.165) is 10.8 Å². The Morgan fingerprint density at radius 1 is 1.12 bits per heavy atom. The number of benzene rings is 2. The Labute approximate surface area is 188 Å². The number of fused-ring (bicyclic) bond motifs is 1. The number of piperidine rings is 1. The highest BCUT2D eigenvalue weighted by molar-refractivity contribution is 6.07. The number of carbonyl (C=O) groups is 2. The number of methoxy groups -OCH3 is 1. The molecule has 0 spiro atoms. The Hall–Kier alpha value is -4.28. The lowest BCUT2D eigenvalue weighted by atomic mass is 9.97. The molecule has 2 heterocycles. The molecule has 33 heavy (non-hydrogen) atoms. The van der Waals surface area contributed by atoms with Gasteiger partial charge in [-0.3, -0.25) is 30.6 Å². The van der Waals surface area contributed by atoms with Crippen molar-refractivity contribution in [3.63, 3.8) is 0 Å². The summed E-state index contributed by atoms with van der Waals surface area (Å²) in [6.45, 7) is 0.804. The van der Waals surface area contributed by atoms with Gasteiger partial charge in [0.25, 0.3) is 5.91 Å². The molecule has 1 saturated heterocycles. The Balaban J connectivity index is 1.53. The van der Waals surface area contributed by atoms with Crippen molar-refractivity contribution in [1.29, 1.82) is 0 Å². The van der Waals surface area contributed by atoms with Crippen molar-refractivity contribution >= 4 is 40.0 Å². The van der Waals surface area contributed by atoms with Crippen molar-refractivity contribution in [3.05, 3.63) is 64.5 Å². The van der Waals surface area contributed by atoms with Gasteiger partial charge in [0.1, 0.15) is 6.33 Å². The van der Waals surface area contributed by atoms with E-state index in [1.807, 2.05) is 30.3 Å². The van der Waals surface area contributed by atoms with E-state index < -0.39 is 10.8 Å². The predicted molar refractivity (Wildman–Crippen MR) is 121 cm³/mol. The van der Waals surface area contributed by atoms with E-state index in [9.17, 15) is 19.7 Å². The van der Waals surface area contributed by atoms with Crippen LogP contribution in [-0.4, -0.2) is 47.0 Å². The summed E-state index contributed by atoms with van der Waals surface area (Å²) in [5.74, 6) is -0.996. The Kier molecular flexibility index (Phi) is 6.29. The standard InChI is InChI=1S/C22H22N6O5/c1-33-22(30)15-9-11-27(12-10-15)20-18(28(31)32)19(23-13-24-20)25-26-21(29)17-8-4-6-14-5-2-3-7-16(14)17/h2-8,13,15H,9-12H2,1H3,(H,26,29)(H,23,24,25). The minimum absolute atomic E-state index is 0.125. The van der Waals surface area contributed by atoms with Crippen LogP contribution in [0.3, 0.4) is 0 Å². The lowest BCUT2D eigenvalue weighted by Crippen LogP contribution is -2.38. The zero-order chi connectivity index (χ0) is 23.4. The number of hydrazine groups is 1. The van der Waals surface area contributed by atoms with Gasteiger partial charge in [-0.1, -0.05) is 36.4 Å². The van der Waals surface area contributed by atoms with E-state index in [1.54, 1.807) is 17.0 Å². The van der Waals surface area contributed by atoms with Gasteiger partial charge >= 0.3 is 11.7 Å². The number of nitro groups is 1. The summed E-state index contributed by atoms with van der Waals surface area (Å²) in [6, 6.07) is 12.8. The number of nitrogens with one attached hydrogen (secondary N) is 2. The first-order chi connectivity index (χ1) is 16.0. The summed E-state index contributed by atoms with van der Waals surface area (Å²) >= 11 is 0. The minimum Gasteiger partial charge on any atom is -0.469 e. The number of aromatic nitrogens is 2. The topological polar surface area (TPSA) is 140 Å². The van der Waals surface area contributed by atoms with Gasteiger partial charge in [0, 0.05) is 18.7 Å². The van der Waals surface area contributed by atoms with Gasteiger partial charge < -0.3 is 9.64 Å². The third-order valence-corrected chi connectivity index (χ3v) is 5.64. The fourth-order valence-corrected chi connectivity index (χ4v) is 3.96. The van der Waals surface area contributed by atoms with Crippen molar-refractivity contribution in [1.82, 2.24) is 15.4 Å². The highest BCUT2D eigenvalue weighted by Gasteiger charge is 2.32. The number of rotatable bonds is 6. The molecule has 0 saturated carbocycles. The van der Waals surface area contributed by atoms with E-state index in [4.69, 9.17) is 4.74 Å². The first-order valence-electron chi connectivity index (χ1n) is 10.4.